The Morgan fingerprint density at radius 1 is 0.931 bits per heavy atom. The molecule has 0 aliphatic rings. The third-order valence-electron chi connectivity index (χ3n) is 4.25. The van der Waals surface area contributed by atoms with Gasteiger partial charge < -0.3 is 10.6 Å². The minimum Gasteiger partial charge on any atom is -0.330 e. The zero-order valence-corrected chi connectivity index (χ0v) is 16.3. The highest BCUT2D eigenvalue weighted by molar-refractivity contribution is 7.80. The molecule has 2 N–H and O–H groups in total. The highest BCUT2D eigenvalue weighted by atomic mass is 32.1. The van der Waals surface area contributed by atoms with E-state index in [0.717, 1.165) is 5.69 Å². The number of hydrogen-bond acceptors (Lipinski definition) is 3. The van der Waals surface area contributed by atoms with Crippen LogP contribution < -0.4 is 10.6 Å². The molecule has 6 nitrogen and oxygen atoms in total. The second-order valence-corrected chi connectivity index (χ2v) is 6.89. The molecule has 0 saturated carbocycles. The summed E-state index contributed by atoms with van der Waals surface area (Å²) >= 11 is 5.35. The largest absolute Gasteiger partial charge is 0.330 e. The normalized spacial score (nSPS) is 10.7. The smallest absolute Gasteiger partial charge is 0.176 e. The van der Waals surface area contributed by atoms with Gasteiger partial charge >= 0.3 is 0 Å². The lowest BCUT2D eigenvalue weighted by Gasteiger charge is -2.07. The molecule has 0 radical (unpaired) electrons. The Kier molecular flexibility index (Phi) is 5.62. The molecule has 146 valence electrons. The maximum atomic E-state index is 13.8. The van der Waals surface area contributed by atoms with Gasteiger partial charge in [-0.1, -0.05) is 48.5 Å². The molecule has 0 fully saturated rings. The van der Waals surface area contributed by atoms with E-state index >= 15 is 0 Å². The third-order valence-corrected chi connectivity index (χ3v) is 4.46. The van der Waals surface area contributed by atoms with Crippen LogP contribution >= 0.6 is 12.2 Å². The number of rotatable bonds is 6. The quantitative estimate of drug-likeness (QED) is 0.472. The van der Waals surface area contributed by atoms with Gasteiger partial charge in [-0.2, -0.15) is 10.2 Å². The van der Waals surface area contributed by atoms with Gasteiger partial charge in [0.15, 0.2) is 10.9 Å². The van der Waals surface area contributed by atoms with E-state index in [1.165, 1.54) is 11.6 Å². The van der Waals surface area contributed by atoms with Crippen LogP contribution in [-0.4, -0.2) is 24.7 Å². The molecular formula is C21H19FN6S. The minimum atomic E-state index is -0.248. The summed E-state index contributed by atoms with van der Waals surface area (Å²) in [6.07, 6.45) is 5.38. The van der Waals surface area contributed by atoms with E-state index in [9.17, 15) is 4.39 Å². The van der Waals surface area contributed by atoms with E-state index in [-0.39, 0.29) is 5.82 Å². The molecule has 2 aromatic heterocycles. The topological polar surface area (TPSA) is 59.7 Å². The van der Waals surface area contributed by atoms with E-state index in [1.807, 2.05) is 29.1 Å². The third kappa shape index (κ3) is 5.05. The number of benzene rings is 2. The van der Waals surface area contributed by atoms with Crippen molar-refractivity contribution in [2.45, 2.75) is 13.1 Å². The molecule has 2 heterocycles. The molecular weight excluding hydrogens is 387 g/mol. The molecule has 0 aliphatic carbocycles. The molecule has 0 atom stereocenters. The lowest BCUT2D eigenvalue weighted by atomic mass is 10.2. The van der Waals surface area contributed by atoms with Crippen LogP contribution in [0.4, 0.5) is 15.9 Å². The van der Waals surface area contributed by atoms with Gasteiger partial charge in [0.1, 0.15) is 5.82 Å². The number of nitrogens with one attached hydrogen (secondary N) is 2. The van der Waals surface area contributed by atoms with E-state index in [0.29, 0.717) is 29.6 Å². The van der Waals surface area contributed by atoms with Gasteiger partial charge in [0.05, 0.1) is 25.0 Å². The van der Waals surface area contributed by atoms with Gasteiger partial charge in [0.25, 0.3) is 0 Å². The average Bonchev–Trinajstić information content (AvgIpc) is 3.34. The number of nitrogens with zero attached hydrogens (tertiary/aromatic N) is 4. The van der Waals surface area contributed by atoms with Crippen molar-refractivity contribution in [3.63, 3.8) is 0 Å². The van der Waals surface area contributed by atoms with Crippen molar-refractivity contribution in [2.24, 2.45) is 0 Å². The first-order chi connectivity index (χ1) is 14.2. The molecule has 0 spiro atoms. The number of thiocarbonyl (C=S) groups is 1. The molecule has 0 saturated heterocycles. The lowest BCUT2D eigenvalue weighted by molar-refractivity contribution is 0.586. The van der Waals surface area contributed by atoms with Crippen molar-refractivity contribution in [1.29, 1.82) is 0 Å². The molecule has 4 aromatic rings. The van der Waals surface area contributed by atoms with Crippen LogP contribution in [0.25, 0.3) is 0 Å². The van der Waals surface area contributed by atoms with E-state index in [2.05, 4.69) is 33.0 Å². The first-order valence-electron chi connectivity index (χ1n) is 9.07. The summed E-state index contributed by atoms with van der Waals surface area (Å²) in [6.45, 7) is 1.03. The second kappa shape index (κ2) is 8.66. The van der Waals surface area contributed by atoms with Crippen molar-refractivity contribution >= 4 is 28.8 Å². The molecule has 0 amide bonds. The predicted octanol–water partition coefficient (Wildman–Crippen LogP) is 4.12. The zero-order valence-electron chi connectivity index (χ0n) is 15.5. The van der Waals surface area contributed by atoms with Crippen molar-refractivity contribution in [1.82, 2.24) is 19.6 Å². The van der Waals surface area contributed by atoms with Crippen LogP contribution in [0.2, 0.25) is 0 Å². The zero-order chi connectivity index (χ0) is 20.1. The fourth-order valence-corrected chi connectivity index (χ4v) is 3.10. The van der Waals surface area contributed by atoms with E-state index in [1.54, 1.807) is 41.3 Å². The van der Waals surface area contributed by atoms with Crippen LogP contribution in [0.3, 0.4) is 0 Å². The van der Waals surface area contributed by atoms with Crippen LogP contribution in [0.1, 0.15) is 11.1 Å². The Balaban J connectivity index is 1.32. The second-order valence-electron chi connectivity index (χ2n) is 6.48. The van der Waals surface area contributed by atoms with Crippen LogP contribution in [0, 0.1) is 5.82 Å². The predicted molar refractivity (Wildman–Crippen MR) is 115 cm³/mol. The number of aromatic nitrogens is 4. The minimum absolute atomic E-state index is 0.248. The van der Waals surface area contributed by atoms with Crippen LogP contribution in [-0.2, 0) is 13.1 Å². The standard InChI is InChI=1S/C21H19FN6S/c22-19-9-5-4-8-17(19)14-27-11-10-20(26-27)25-21(29)24-18-12-23-28(15-18)13-16-6-2-1-3-7-16/h1-12,15H,13-14H2,(H2,24,25,26,29). The Morgan fingerprint density at radius 3 is 2.55 bits per heavy atom. The summed E-state index contributed by atoms with van der Waals surface area (Å²) in [5.74, 6) is 0.331. The van der Waals surface area contributed by atoms with Crippen molar-refractivity contribution in [2.75, 3.05) is 10.6 Å². The Labute approximate surface area is 173 Å². The van der Waals surface area contributed by atoms with Gasteiger partial charge in [-0.25, -0.2) is 4.39 Å². The number of anilines is 2. The van der Waals surface area contributed by atoms with Gasteiger partial charge in [-0.3, -0.25) is 9.36 Å². The summed E-state index contributed by atoms with van der Waals surface area (Å²) in [5, 5.41) is 15.2. The first-order valence-corrected chi connectivity index (χ1v) is 9.48. The molecule has 4 rings (SSSR count). The summed E-state index contributed by atoms with van der Waals surface area (Å²) in [4.78, 5) is 0. The Hall–Kier alpha value is -3.52. The number of halogens is 1. The van der Waals surface area contributed by atoms with Gasteiger partial charge in [-0.05, 0) is 23.8 Å². The monoisotopic (exact) mass is 406 g/mol. The van der Waals surface area contributed by atoms with Crippen molar-refractivity contribution < 1.29 is 4.39 Å². The molecule has 0 bridgehead atoms. The summed E-state index contributed by atoms with van der Waals surface area (Å²) in [6, 6.07) is 18.5. The van der Waals surface area contributed by atoms with Gasteiger partial charge in [0.2, 0.25) is 0 Å². The fourth-order valence-electron chi connectivity index (χ4n) is 2.88. The maximum absolute atomic E-state index is 13.8. The van der Waals surface area contributed by atoms with Gasteiger partial charge in [-0.15, -0.1) is 0 Å². The van der Waals surface area contributed by atoms with Crippen molar-refractivity contribution in [3.05, 3.63) is 96.2 Å². The SMILES string of the molecule is Fc1ccccc1Cn1ccc(NC(=S)Nc2cnn(Cc3ccccc3)c2)n1. The summed E-state index contributed by atoms with van der Waals surface area (Å²) in [5.41, 5.74) is 2.53. The highest BCUT2D eigenvalue weighted by Crippen LogP contribution is 2.12. The first kappa shape index (κ1) is 18.8. The molecule has 0 aliphatic heterocycles. The molecule has 2 aromatic carbocycles. The fraction of sp³-hybridized carbons (Fsp3) is 0.0952. The Bertz CT molecular complexity index is 1110. The highest BCUT2D eigenvalue weighted by Gasteiger charge is 2.07. The van der Waals surface area contributed by atoms with Crippen LogP contribution in [0.15, 0.2) is 79.3 Å². The maximum Gasteiger partial charge on any atom is 0.176 e. The number of hydrogen-bond donors (Lipinski definition) is 2. The van der Waals surface area contributed by atoms with E-state index in [4.69, 9.17) is 12.2 Å². The van der Waals surface area contributed by atoms with Gasteiger partial charge in [0, 0.05) is 24.0 Å². The summed E-state index contributed by atoms with van der Waals surface area (Å²) in [7, 11) is 0. The molecule has 0 unspecified atom stereocenters. The summed E-state index contributed by atoms with van der Waals surface area (Å²) < 4.78 is 17.3. The van der Waals surface area contributed by atoms with E-state index < -0.39 is 0 Å². The van der Waals surface area contributed by atoms with Crippen molar-refractivity contribution in [3.8, 4) is 0 Å². The molecule has 8 heteroatoms. The average molecular weight is 406 g/mol. The molecule has 29 heavy (non-hydrogen) atoms. The Morgan fingerprint density at radius 2 is 1.72 bits per heavy atom. The lowest BCUT2D eigenvalue weighted by Crippen LogP contribution is -2.19. The van der Waals surface area contributed by atoms with Crippen LogP contribution in [0.5, 0.6) is 0 Å².